The van der Waals surface area contributed by atoms with Crippen molar-refractivity contribution in [3.63, 3.8) is 0 Å². The van der Waals surface area contributed by atoms with Crippen LogP contribution in [0.4, 0.5) is 5.69 Å². The van der Waals surface area contributed by atoms with E-state index in [4.69, 9.17) is 0 Å². The normalized spacial score (nSPS) is 17.5. The Morgan fingerprint density at radius 3 is 2.73 bits per heavy atom. The molecule has 3 aromatic rings. The first-order valence-electron chi connectivity index (χ1n) is 9.32. The molecule has 0 saturated carbocycles. The monoisotopic (exact) mass is 347 g/mol. The second-order valence-electron chi connectivity index (χ2n) is 7.20. The summed E-state index contributed by atoms with van der Waals surface area (Å²) < 4.78 is 0. The van der Waals surface area contributed by atoms with E-state index < -0.39 is 0 Å². The highest BCUT2D eigenvalue weighted by molar-refractivity contribution is 6.06. The van der Waals surface area contributed by atoms with Crippen molar-refractivity contribution < 1.29 is 4.79 Å². The van der Waals surface area contributed by atoms with Gasteiger partial charge in [0.1, 0.15) is 0 Å². The fourth-order valence-electron chi connectivity index (χ4n) is 3.88. The second-order valence-corrected chi connectivity index (χ2v) is 7.20. The van der Waals surface area contributed by atoms with Gasteiger partial charge in [0.25, 0.3) is 5.91 Å². The first-order valence-corrected chi connectivity index (χ1v) is 9.32. The first-order chi connectivity index (χ1) is 12.6. The molecule has 1 atom stereocenters. The molecule has 1 fully saturated rings. The van der Waals surface area contributed by atoms with Gasteiger partial charge in [0.15, 0.2) is 0 Å². The van der Waals surface area contributed by atoms with Crippen LogP contribution in [0.25, 0.3) is 10.9 Å². The average molecular weight is 347 g/mol. The minimum Gasteiger partial charge on any atom is -0.381 e. The zero-order valence-corrected chi connectivity index (χ0v) is 15.4. The van der Waals surface area contributed by atoms with Crippen LogP contribution in [0.3, 0.4) is 0 Å². The van der Waals surface area contributed by atoms with Crippen LogP contribution in [0.2, 0.25) is 0 Å². The molecule has 0 spiro atoms. The summed E-state index contributed by atoms with van der Waals surface area (Å²) in [5.41, 5.74) is 5.20. The smallest absolute Gasteiger partial charge is 0.256 e. The van der Waals surface area contributed by atoms with Gasteiger partial charge in [0.2, 0.25) is 0 Å². The maximum atomic E-state index is 13.2. The zero-order valence-electron chi connectivity index (χ0n) is 15.4. The molecule has 0 aliphatic carbocycles. The summed E-state index contributed by atoms with van der Waals surface area (Å²) in [4.78, 5) is 18.6. The molecule has 4 nitrogen and oxygen atoms in total. The third-order valence-corrected chi connectivity index (χ3v) is 5.43. The number of anilines is 1. The summed E-state index contributed by atoms with van der Waals surface area (Å²) in [6.07, 6.45) is 2.11. The van der Waals surface area contributed by atoms with Gasteiger partial charge in [0.05, 0.1) is 11.1 Å². The van der Waals surface area contributed by atoms with E-state index in [1.54, 1.807) is 0 Å². The number of aromatic amines is 1. The first kappa shape index (κ1) is 16.7. The molecule has 4 heteroatoms. The molecule has 2 heterocycles. The Kier molecular flexibility index (Phi) is 4.41. The highest BCUT2D eigenvalue weighted by Gasteiger charge is 2.26. The quantitative estimate of drug-likeness (QED) is 0.733. The van der Waals surface area contributed by atoms with Crippen LogP contribution in [0.15, 0.2) is 48.5 Å². The van der Waals surface area contributed by atoms with Gasteiger partial charge in [-0.25, -0.2) is 0 Å². The zero-order chi connectivity index (χ0) is 18.1. The summed E-state index contributed by atoms with van der Waals surface area (Å²) in [6, 6.07) is 16.5. The molecule has 2 aromatic carbocycles. The highest BCUT2D eigenvalue weighted by atomic mass is 16.2. The standard InChI is InChI=1S/C22H25N3O/c1-15-16(2)23-21-19(15)11-6-12-20(21)22(26)25-13-7-10-18(14-25)24-17-8-4-3-5-9-17/h3-6,8-9,11-12,18,23-24H,7,10,13-14H2,1-2H3/t18-/m1/s1. The molecule has 1 aromatic heterocycles. The second kappa shape index (κ2) is 6.87. The average Bonchev–Trinajstić information content (AvgIpc) is 2.96. The van der Waals surface area contributed by atoms with Crippen molar-refractivity contribution in [3.05, 3.63) is 65.4 Å². The van der Waals surface area contributed by atoms with E-state index in [1.165, 1.54) is 5.56 Å². The number of para-hydroxylation sites is 2. The van der Waals surface area contributed by atoms with Crippen molar-refractivity contribution in [1.82, 2.24) is 9.88 Å². The van der Waals surface area contributed by atoms with E-state index in [0.29, 0.717) is 6.04 Å². The van der Waals surface area contributed by atoms with Crippen LogP contribution in [0, 0.1) is 13.8 Å². The molecule has 26 heavy (non-hydrogen) atoms. The fourth-order valence-corrected chi connectivity index (χ4v) is 3.88. The van der Waals surface area contributed by atoms with Gasteiger partial charge in [-0.05, 0) is 50.5 Å². The van der Waals surface area contributed by atoms with Crippen molar-refractivity contribution in [2.75, 3.05) is 18.4 Å². The Balaban J connectivity index is 1.55. The number of rotatable bonds is 3. The molecule has 0 bridgehead atoms. The molecule has 0 radical (unpaired) electrons. The summed E-state index contributed by atoms with van der Waals surface area (Å²) in [5.74, 6) is 0.122. The van der Waals surface area contributed by atoms with Gasteiger partial charge in [-0.2, -0.15) is 0 Å². The summed E-state index contributed by atoms with van der Waals surface area (Å²) >= 11 is 0. The number of nitrogens with one attached hydrogen (secondary N) is 2. The van der Waals surface area contributed by atoms with Gasteiger partial charge in [0, 0.05) is 35.9 Å². The van der Waals surface area contributed by atoms with Gasteiger partial charge >= 0.3 is 0 Å². The maximum Gasteiger partial charge on any atom is 0.256 e. The minimum atomic E-state index is 0.122. The molecular weight excluding hydrogens is 322 g/mol. The number of benzene rings is 2. The Bertz CT molecular complexity index is 929. The number of H-pyrrole nitrogens is 1. The number of carbonyl (C=O) groups excluding carboxylic acids is 1. The molecule has 1 aliphatic rings. The van der Waals surface area contributed by atoms with E-state index in [9.17, 15) is 4.79 Å². The SMILES string of the molecule is Cc1[nH]c2c(C(=O)N3CCC[C@@H](Nc4ccccc4)C3)cccc2c1C. The molecular formula is C22H25N3O. The van der Waals surface area contributed by atoms with E-state index in [2.05, 4.69) is 42.3 Å². The van der Waals surface area contributed by atoms with E-state index >= 15 is 0 Å². The fraction of sp³-hybridized carbons (Fsp3) is 0.318. The largest absolute Gasteiger partial charge is 0.381 e. The number of hydrogen-bond acceptors (Lipinski definition) is 2. The lowest BCUT2D eigenvalue weighted by Gasteiger charge is -2.34. The lowest BCUT2D eigenvalue weighted by molar-refractivity contribution is 0.0716. The number of hydrogen-bond donors (Lipinski definition) is 2. The number of piperidine rings is 1. The van der Waals surface area contributed by atoms with Crippen molar-refractivity contribution in [2.45, 2.75) is 32.7 Å². The van der Waals surface area contributed by atoms with E-state index in [1.807, 2.05) is 35.2 Å². The number of carbonyl (C=O) groups is 1. The Labute approximate surface area is 154 Å². The Hall–Kier alpha value is -2.75. The minimum absolute atomic E-state index is 0.122. The van der Waals surface area contributed by atoms with Gasteiger partial charge in [-0.1, -0.05) is 30.3 Å². The number of aromatic nitrogens is 1. The molecule has 1 amide bonds. The van der Waals surface area contributed by atoms with Gasteiger partial charge in [-0.15, -0.1) is 0 Å². The van der Waals surface area contributed by atoms with Crippen molar-refractivity contribution in [3.8, 4) is 0 Å². The van der Waals surface area contributed by atoms with Gasteiger partial charge < -0.3 is 15.2 Å². The summed E-state index contributed by atoms with van der Waals surface area (Å²) in [5, 5.41) is 4.71. The molecule has 1 saturated heterocycles. The number of fused-ring (bicyclic) bond motifs is 1. The van der Waals surface area contributed by atoms with E-state index in [-0.39, 0.29) is 5.91 Å². The third-order valence-electron chi connectivity index (χ3n) is 5.43. The Morgan fingerprint density at radius 2 is 1.92 bits per heavy atom. The third kappa shape index (κ3) is 3.07. The lowest BCUT2D eigenvalue weighted by Crippen LogP contribution is -2.45. The number of likely N-dealkylation sites (tertiary alicyclic amines) is 1. The number of amides is 1. The van der Waals surface area contributed by atoms with Crippen molar-refractivity contribution >= 4 is 22.5 Å². The lowest BCUT2D eigenvalue weighted by atomic mass is 10.0. The summed E-state index contributed by atoms with van der Waals surface area (Å²) in [7, 11) is 0. The van der Waals surface area contributed by atoms with Crippen LogP contribution < -0.4 is 5.32 Å². The number of aryl methyl sites for hydroxylation is 2. The van der Waals surface area contributed by atoms with E-state index in [0.717, 1.165) is 53.8 Å². The van der Waals surface area contributed by atoms with Gasteiger partial charge in [-0.3, -0.25) is 4.79 Å². The summed E-state index contributed by atoms with van der Waals surface area (Å²) in [6.45, 7) is 5.72. The molecule has 4 rings (SSSR count). The predicted octanol–water partition coefficient (Wildman–Crippen LogP) is 4.50. The molecule has 2 N–H and O–H groups in total. The van der Waals surface area contributed by atoms with Crippen LogP contribution in [-0.2, 0) is 0 Å². The van der Waals surface area contributed by atoms with Crippen LogP contribution in [0.5, 0.6) is 0 Å². The number of nitrogens with zero attached hydrogens (tertiary/aromatic N) is 1. The van der Waals surface area contributed by atoms with Crippen molar-refractivity contribution in [2.24, 2.45) is 0 Å². The van der Waals surface area contributed by atoms with Crippen LogP contribution >= 0.6 is 0 Å². The topological polar surface area (TPSA) is 48.1 Å². The van der Waals surface area contributed by atoms with Crippen LogP contribution in [0.1, 0.15) is 34.5 Å². The Morgan fingerprint density at radius 1 is 1.12 bits per heavy atom. The molecule has 0 unspecified atom stereocenters. The predicted molar refractivity (Wildman–Crippen MR) is 107 cm³/mol. The highest BCUT2D eigenvalue weighted by Crippen LogP contribution is 2.26. The molecule has 134 valence electrons. The maximum absolute atomic E-state index is 13.2. The van der Waals surface area contributed by atoms with Crippen molar-refractivity contribution in [1.29, 1.82) is 0 Å². The molecule has 1 aliphatic heterocycles. The van der Waals surface area contributed by atoms with Crippen LogP contribution in [-0.4, -0.2) is 34.9 Å².